The molecule has 1 fully saturated rings. The molecule has 1 amide bonds. The zero-order valence-corrected chi connectivity index (χ0v) is 15.5. The molecule has 0 aliphatic carbocycles. The minimum absolute atomic E-state index is 0.197. The summed E-state index contributed by atoms with van der Waals surface area (Å²) in [6.07, 6.45) is 2.72. The highest BCUT2D eigenvalue weighted by atomic mass is 16.5. The fraction of sp³-hybridized carbons (Fsp3) is 0.409. The number of carbonyl (C=O) groups excluding carboxylic acids is 1. The lowest BCUT2D eigenvalue weighted by Crippen LogP contribution is -2.42. The Morgan fingerprint density at radius 1 is 1.15 bits per heavy atom. The summed E-state index contributed by atoms with van der Waals surface area (Å²) in [5, 5.41) is 3.22. The molecular weight excluding hydrogens is 324 g/mol. The summed E-state index contributed by atoms with van der Waals surface area (Å²) < 4.78 is 5.97. The van der Waals surface area contributed by atoms with Crippen LogP contribution < -0.4 is 10.1 Å². The number of ether oxygens (including phenoxy) is 1. The van der Waals surface area contributed by atoms with Crippen LogP contribution in [0, 0.1) is 5.92 Å². The molecular formula is C22H28N2O2. The maximum atomic E-state index is 12.5. The predicted octanol–water partition coefficient (Wildman–Crippen LogP) is 3.58. The Kier molecular flexibility index (Phi) is 6.67. The lowest BCUT2D eigenvalue weighted by Gasteiger charge is -2.32. The minimum atomic E-state index is 0.197. The van der Waals surface area contributed by atoms with Crippen molar-refractivity contribution in [1.29, 1.82) is 0 Å². The molecule has 1 saturated heterocycles. The second-order valence-corrected chi connectivity index (χ2v) is 6.87. The Balaban J connectivity index is 1.55. The van der Waals surface area contributed by atoms with E-state index in [1.165, 1.54) is 6.42 Å². The summed E-state index contributed by atoms with van der Waals surface area (Å²) in [6.45, 7) is 3.13. The number of hydrogen-bond donors (Lipinski definition) is 1. The zero-order chi connectivity index (χ0) is 18.2. The molecule has 1 aliphatic rings. The molecule has 1 heterocycles. The highest BCUT2D eigenvalue weighted by Crippen LogP contribution is 2.29. The van der Waals surface area contributed by atoms with Gasteiger partial charge in [-0.1, -0.05) is 48.5 Å². The van der Waals surface area contributed by atoms with Crippen molar-refractivity contribution in [3.8, 4) is 16.9 Å². The van der Waals surface area contributed by atoms with Gasteiger partial charge in [0, 0.05) is 18.7 Å². The molecule has 1 unspecified atom stereocenters. The second kappa shape index (κ2) is 9.39. The topological polar surface area (TPSA) is 41.6 Å². The number of carbonyl (C=O) groups is 1. The third-order valence-corrected chi connectivity index (χ3v) is 4.91. The standard InChI is InChI=1S/C22H28N2O2/c1-23-16-18-8-7-14-24(17-18)22(25)13-15-26-21-12-6-5-11-20(21)19-9-3-2-4-10-19/h2-6,9-12,18,23H,7-8,13-17H2,1H3. The number of para-hydroxylation sites is 1. The minimum Gasteiger partial charge on any atom is -0.492 e. The quantitative estimate of drug-likeness (QED) is 0.828. The van der Waals surface area contributed by atoms with Crippen molar-refractivity contribution in [1.82, 2.24) is 10.2 Å². The van der Waals surface area contributed by atoms with Crippen molar-refractivity contribution in [2.24, 2.45) is 5.92 Å². The molecule has 1 atom stereocenters. The zero-order valence-electron chi connectivity index (χ0n) is 15.5. The Labute approximate surface area is 156 Å². The van der Waals surface area contributed by atoms with Crippen molar-refractivity contribution in [2.75, 3.05) is 33.3 Å². The van der Waals surface area contributed by atoms with Crippen LogP contribution in [0.4, 0.5) is 0 Å². The van der Waals surface area contributed by atoms with E-state index in [2.05, 4.69) is 23.5 Å². The van der Waals surface area contributed by atoms with Crippen LogP contribution in [-0.2, 0) is 4.79 Å². The van der Waals surface area contributed by atoms with E-state index in [4.69, 9.17) is 4.74 Å². The molecule has 0 bridgehead atoms. The number of benzene rings is 2. The first-order chi connectivity index (χ1) is 12.8. The molecule has 0 spiro atoms. The smallest absolute Gasteiger partial charge is 0.226 e. The van der Waals surface area contributed by atoms with E-state index in [0.29, 0.717) is 18.9 Å². The predicted molar refractivity (Wildman–Crippen MR) is 105 cm³/mol. The lowest BCUT2D eigenvalue weighted by molar-refractivity contribution is -0.133. The van der Waals surface area contributed by atoms with Gasteiger partial charge in [-0.2, -0.15) is 0 Å². The van der Waals surface area contributed by atoms with Gasteiger partial charge >= 0.3 is 0 Å². The fourth-order valence-electron chi connectivity index (χ4n) is 3.60. The highest BCUT2D eigenvalue weighted by Gasteiger charge is 2.23. The van der Waals surface area contributed by atoms with E-state index in [-0.39, 0.29) is 5.91 Å². The number of hydrogen-bond acceptors (Lipinski definition) is 3. The van der Waals surface area contributed by atoms with Gasteiger partial charge in [0.05, 0.1) is 13.0 Å². The number of rotatable bonds is 7. The van der Waals surface area contributed by atoms with Crippen LogP contribution in [0.5, 0.6) is 5.75 Å². The van der Waals surface area contributed by atoms with E-state index < -0.39 is 0 Å². The normalized spacial score (nSPS) is 17.1. The van der Waals surface area contributed by atoms with Gasteiger partial charge in [0.2, 0.25) is 5.91 Å². The van der Waals surface area contributed by atoms with Crippen LogP contribution in [0.2, 0.25) is 0 Å². The molecule has 2 aromatic rings. The van der Waals surface area contributed by atoms with E-state index in [1.54, 1.807) is 0 Å². The van der Waals surface area contributed by atoms with Gasteiger partial charge < -0.3 is 15.0 Å². The van der Waals surface area contributed by atoms with Crippen molar-refractivity contribution in [3.63, 3.8) is 0 Å². The molecule has 0 saturated carbocycles. The first-order valence-corrected chi connectivity index (χ1v) is 9.47. The molecule has 0 radical (unpaired) electrons. The van der Waals surface area contributed by atoms with Crippen molar-refractivity contribution < 1.29 is 9.53 Å². The summed E-state index contributed by atoms with van der Waals surface area (Å²) in [5.41, 5.74) is 2.19. The molecule has 1 aliphatic heterocycles. The fourth-order valence-corrected chi connectivity index (χ4v) is 3.60. The largest absolute Gasteiger partial charge is 0.492 e. The summed E-state index contributed by atoms with van der Waals surface area (Å²) in [4.78, 5) is 14.5. The monoisotopic (exact) mass is 352 g/mol. The first-order valence-electron chi connectivity index (χ1n) is 9.47. The number of likely N-dealkylation sites (tertiary alicyclic amines) is 1. The van der Waals surface area contributed by atoms with Crippen molar-refractivity contribution in [2.45, 2.75) is 19.3 Å². The highest BCUT2D eigenvalue weighted by molar-refractivity contribution is 5.76. The SMILES string of the molecule is CNCC1CCCN(C(=O)CCOc2ccccc2-c2ccccc2)C1. The van der Waals surface area contributed by atoms with Crippen LogP contribution >= 0.6 is 0 Å². The molecule has 4 heteroatoms. The van der Waals surface area contributed by atoms with Crippen LogP contribution in [0.15, 0.2) is 54.6 Å². The number of amides is 1. The van der Waals surface area contributed by atoms with E-state index in [0.717, 1.165) is 42.9 Å². The molecule has 0 aromatic heterocycles. The van der Waals surface area contributed by atoms with Gasteiger partial charge in [0.15, 0.2) is 0 Å². The molecule has 1 N–H and O–H groups in total. The number of nitrogens with zero attached hydrogens (tertiary/aromatic N) is 1. The van der Waals surface area contributed by atoms with Crippen LogP contribution in [0.3, 0.4) is 0 Å². The van der Waals surface area contributed by atoms with Crippen LogP contribution in [-0.4, -0.2) is 44.1 Å². The average Bonchev–Trinajstić information content (AvgIpc) is 2.69. The third kappa shape index (κ3) is 4.85. The van der Waals surface area contributed by atoms with Crippen LogP contribution in [0.1, 0.15) is 19.3 Å². The molecule has 138 valence electrons. The number of piperidine rings is 1. The number of nitrogens with one attached hydrogen (secondary N) is 1. The first kappa shape index (κ1) is 18.5. The Morgan fingerprint density at radius 2 is 1.92 bits per heavy atom. The Morgan fingerprint density at radius 3 is 2.73 bits per heavy atom. The van der Waals surface area contributed by atoms with Crippen molar-refractivity contribution >= 4 is 5.91 Å². The summed E-state index contributed by atoms with van der Waals surface area (Å²) in [7, 11) is 1.97. The van der Waals surface area contributed by atoms with E-state index in [9.17, 15) is 4.79 Å². The summed E-state index contributed by atoms with van der Waals surface area (Å²) >= 11 is 0. The van der Waals surface area contributed by atoms with E-state index in [1.807, 2.05) is 48.3 Å². The molecule has 2 aromatic carbocycles. The second-order valence-electron chi connectivity index (χ2n) is 6.87. The van der Waals surface area contributed by atoms with Gasteiger partial charge in [-0.15, -0.1) is 0 Å². The molecule has 26 heavy (non-hydrogen) atoms. The third-order valence-electron chi connectivity index (χ3n) is 4.91. The maximum Gasteiger partial charge on any atom is 0.226 e. The summed E-state index contributed by atoms with van der Waals surface area (Å²) in [6, 6.07) is 18.2. The van der Waals surface area contributed by atoms with Crippen molar-refractivity contribution in [3.05, 3.63) is 54.6 Å². The Hall–Kier alpha value is -2.33. The van der Waals surface area contributed by atoms with Gasteiger partial charge in [0.25, 0.3) is 0 Å². The molecule has 3 rings (SSSR count). The van der Waals surface area contributed by atoms with Gasteiger partial charge in [-0.3, -0.25) is 4.79 Å². The maximum absolute atomic E-state index is 12.5. The van der Waals surface area contributed by atoms with Gasteiger partial charge in [-0.25, -0.2) is 0 Å². The average molecular weight is 352 g/mol. The molecule has 4 nitrogen and oxygen atoms in total. The summed E-state index contributed by atoms with van der Waals surface area (Å²) in [5.74, 6) is 1.60. The van der Waals surface area contributed by atoms with E-state index >= 15 is 0 Å². The van der Waals surface area contributed by atoms with Gasteiger partial charge in [-0.05, 0) is 44.0 Å². The van der Waals surface area contributed by atoms with Crippen LogP contribution in [0.25, 0.3) is 11.1 Å². The Bertz CT molecular complexity index is 700. The van der Waals surface area contributed by atoms with Gasteiger partial charge in [0.1, 0.15) is 5.75 Å². The lowest BCUT2D eigenvalue weighted by atomic mass is 9.98.